The van der Waals surface area contributed by atoms with Gasteiger partial charge in [-0.3, -0.25) is 0 Å². The molecule has 1 fully saturated rings. The molecule has 0 aliphatic heterocycles. The van der Waals surface area contributed by atoms with Gasteiger partial charge < -0.3 is 10.2 Å². The average molecular weight is 273 g/mol. The molecule has 3 nitrogen and oxygen atoms in total. The number of rotatable bonds is 6. The predicted octanol–water partition coefficient (Wildman–Crippen LogP) is 2.72. The van der Waals surface area contributed by atoms with Crippen LogP contribution in [0, 0.1) is 0 Å². The molecule has 1 heterocycles. The van der Waals surface area contributed by atoms with E-state index in [2.05, 4.69) is 10.3 Å². The summed E-state index contributed by atoms with van der Waals surface area (Å²) in [4.78, 5) is 5.56. The molecular formula is C13H18F3N3. The molecule has 106 valence electrons. The zero-order chi connectivity index (χ0) is 13.9. The van der Waals surface area contributed by atoms with Gasteiger partial charge in [-0.15, -0.1) is 0 Å². The number of halogens is 3. The summed E-state index contributed by atoms with van der Waals surface area (Å²) in [6.07, 6.45) is -1.02. The lowest BCUT2D eigenvalue weighted by molar-refractivity contribution is -0.120. The van der Waals surface area contributed by atoms with E-state index in [-0.39, 0.29) is 6.04 Å². The highest BCUT2D eigenvalue weighted by molar-refractivity contribution is 5.49. The zero-order valence-electron chi connectivity index (χ0n) is 10.9. The average Bonchev–Trinajstić information content (AvgIpc) is 3.17. The molecule has 1 saturated carbocycles. The Labute approximate surface area is 110 Å². The molecule has 1 N–H and O–H groups in total. The molecule has 0 spiro atoms. The SMILES string of the molecule is CCNCc1cccnc1N(CC(F)(F)F)C1CC1. The van der Waals surface area contributed by atoms with Crippen molar-refractivity contribution in [3.05, 3.63) is 23.9 Å². The van der Waals surface area contributed by atoms with Crippen LogP contribution in [0.3, 0.4) is 0 Å². The fourth-order valence-corrected chi connectivity index (χ4v) is 2.04. The van der Waals surface area contributed by atoms with Crippen LogP contribution in [-0.4, -0.2) is 30.3 Å². The number of nitrogens with one attached hydrogen (secondary N) is 1. The van der Waals surface area contributed by atoms with Crippen molar-refractivity contribution in [3.8, 4) is 0 Å². The highest BCUT2D eigenvalue weighted by Gasteiger charge is 2.39. The summed E-state index contributed by atoms with van der Waals surface area (Å²) in [6, 6.07) is 3.57. The third-order valence-electron chi connectivity index (χ3n) is 3.04. The highest BCUT2D eigenvalue weighted by atomic mass is 19.4. The first-order valence-corrected chi connectivity index (χ1v) is 6.49. The Balaban J connectivity index is 2.20. The molecule has 2 rings (SSSR count). The van der Waals surface area contributed by atoms with E-state index < -0.39 is 12.7 Å². The van der Waals surface area contributed by atoms with Crippen molar-refractivity contribution < 1.29 is 13.2 Å². The molecule has 0 aromatic carbocycles. The summed E-state index contributed by atoms with van der Waals surface area (Å²) in [5.74, 6) is 0.461. The quantitative estimate of drug-likeness (QED) is 0.863. The molecule has 1 aromatic rings. The Kier molecular flexibility index (Phi) is 4.29. The number of nitrogens with zero attached hydrogens (tertiary/aromatic N) is 2. The zero-order valence-corrected chi connectivity index (χ0v) is 10.9. The van der Waals surface area contributed by atoms with Crippen molar-refractivity contribution >= 4 is 5.82 Å². The van der Waals surface area contributed by atoms with Crippen molar-refractivity contribution in [1.82, 2.24) is 10.3 Å². The van der Waals surface area contributed by atoms with Gasteiger partial charge >= 0.3 is 6.18 Å². The maximum atomic E-state index is 12.7. The smallest absolute Gasteiger partial charge is 0.344 e. The fourth-order valence-electron chi connectivity index (χ4n) is 2.04. The minimum Gasteiger partial charge on any atom is -0.344 e. The van der Waals surface area contributed by atoms with Gasteiger partial charge in [-0.2, -0.15) is 13.2 Å². The van der Waals surface area contributed by atoms with Crippen LogP contribution in [0.4, 0.5) is 19.0 Å². The lowest BCUT2D eigenvalue weighted by Crippen LogP contribution is -2.37. The van der Waals surface area contributed by atoms with Gasteiger partial charge in [-0.25, -0.2) is 4.98 Å². The number of anilines is 1. The number of pyridine rings is 1. The van der Waals surface area contributed by atoms with E-state index in [9.17, 15) is 13.2 Å². The largest absolute Gasteiger partial charge is 0.405 e. The topological polar surface area (TPSA) is 28.2 Å². The Morgan fingerprint density at radius 3 is 2.74 bits per heavy atom. The van der Waals surface area contributed by atoms with Gasteiger partial charge in [0.25, 0.3) is 0 Å². The second-order valence-corrected chi connectivity index (χ2v) is 4.74. The lowest BCUT2D eigenvalue weighted by Gasteiger charge is -2.26. The van der Waals surface area contributed by atoms with E-state index in [0.717, 1.165) is 24.9 Å². The van der Waals surface area contributed by atoms with Crippen LogP contribution in [0.2, 0.25) is 0 Å². The molecule has 0 atom stereocenters. The monoisotopic (exact) mass is 273 g/mol. The second-order valence-electron chi connectivity index (χ2n) is 4.74. The normalized spacial score (nSPS) is 15.6. The summed E-state index contributed by atoms with van der Waals surface area (Å²) in [6.45, 7) is 2.36. The molecule has 1 aromatic heterocycles. The molecule has 0 radical (unpaired) electrons. The molecular weight excluding hydrogens is 255 g/mol. The molecule has 19 heavy (non-hydrogen) atoms. The first-order chi connectivity index (χ1) is 9.01. The summed E-state index contributed by atoms with van der Waals surface area (Å²) >= 11 is 0. The van der Waals surface area contributed by atoms with Gasteiger partial charge in [0.05, 0.1) is 0 Å². The minimum atomic E-state index is -4.20. The van der Waals surface area contributed by atoms with Gasteiger partial charge in [-0.05, 0) is 25.5 Å². The lowest BCUT2D eigenvalue weighted by atomic mass is 10.2. The Hall–Kier alpha value is -1.30. The van der Waals surface area contributed by atoms with Crippen LogP contribution < -0.4 is 10.2 Å². The van der Waals surface area contributed by atoms with E-state index in [1.165, 1.54) is 4.90 Å². The van der Waals surface area contributed by atoms with Gasteiger partial charge in [0.15, 0.2) is 0 Å². The Morgan fingerprint density at radius 2 is 2.16 bits per heavy atom. The van der Waals surface area contributed by atoms with Crippen molar-refractivity contribution in [2.45, 2.75) is 38.5 Å². The second kappa shape index (κ2) is 5.77. The molecule has 0 amide bonds. The van der Waals surface area contributed by atoms with Crippen LogP contribution >= 0.6 is 0 Å². The van der Waals surface area contributed by atoms with Gasteiger partial charge in [-0.1, -0.05) is 13.0 Å². The summed E-state index contributed by atoms with van der Waals surface area (Å²) in [5.41, 5.74) is 0.820. The van der Waals surface area contributed by atoms with E-state index in [1.807, 2.05) is 13.0 Å². The van der Waals surface area contributed by atoms with E-state index in [1.54, 1.807) is 12.3 Å². The molecule has 1 aliphatic rings. The van der Waals surface area contributed by atoms with Crippen LogP contribution in [0.1, 0.15) is 25.3 Å². The van der Waals surface area contributed by atoms with Crippen LogP contribution in [-0.2, 0) is 6.54 Å². The van der Waals surface area contributed by atoms with Gasteiger partial charge in [0, 0.05) is 24.3 Å². The molecule has 0 saturated heterocycles. The number of alkyl halides is 3. The molecule has 6 heteroatoms. The maximum absolute atomic E-state index is 12.7. The van der Waals surface area contributed by atoms with E-state index >= 15 is 0 Å². The molecule has 0 bridgehead atoms. The third-order valence-corrected chi connectivity index (χ3v) is 3.04. The van der Waals surface area contributed by atoms with Gasteiger partial charge in [0.1, 0.15) is 12.4 Å². The van der Waals surface area contributed by atoms with Crippen molar-refractivity contribution in [3.63, 3.8) is 0 Å². The van der Waals surface area contributed by atoms with Crippen LogP contribution in [0.15, 0.2) is 18.3 Å². The summed E-state index contributed by atoms with van der Waals surface area (Å²) in [7, 11) is 0. The van der Waals surface area contributed by atoms with Crippen LogP contribution in [0.25, 0.3) is 0 Å². The molecule has 1 aliphatic carbocycles. The van der Waals surface area contributed by atoms with E-state index in [4.69, 9.17) is 0 Å². The standard InChI is InChI=1S/C13H18F3N3/c1-2-17-8-10-4-3-7-18-12(10)19(11-5-6-11)9-13(14,15)16/h3-4,7,11,17H,2,5-6,8-9H2,1H3. The van der Waals surface area contributed by atoms with Crippen LogP contribution in [0.5, 0.6) is 0 Å². The Bertz CT molecular complexity index is 416. The van der Waals surface area contributed by atoms with Crippen molar-refractivity contribution in [2.75, 3.05) is 18.0 Å². The first kappa shape index (κ1) is 14.1. The Morgan fingerprint density at radius 1 is 1.42 bits per heavy atom. The predicted molar refractivity (Wildman–Crippen MR) is 68.0 cm³/mol. The maximum Gasteiger partial charge on any atom is 0.405 e. The van der Waals surface area contributed by atoms with Gasteiger partial charge in [0.2, 0.25) is 0 Å². The minimum absolute atomic E-state index is 0.0168. The third kappa shape index (κ3) is 4.09. The summed E-state index contributed by atoms with van der Waals surface area (Å²) < 4.78 is 38.0. The van der Waals surface area contributed by atoms with Crippen molar-refractivity contribution in [2.24, 2.45) is 0 Å². The fraction of sp³-hybridized carbons (Fsp3) is 0.615. The number of aromatic nitrogens is 1. The highest BCUT2D eigenvalue weighted by Crippen LogP contribution is 2.34. The van der Waals surface area contributed by atoms with E-state index in [0.29, 0.717) is 12.4 Å². The van der Waals surface area contributed by atoms with Crippen molar-refractivity contribution in [1.29, 1.82) is 0 Å². The number of hydrogen-bond donors (Lipinski definition) is 1. The molecule has 0 unspecified atom stereocenters. The first-order valence-electron chi connectivity index (χ1n) is 6.49. The number of hydrogen-bond acceptors (Lipinski definition) is 3. The summed E-state index contributed by atoms with van der Waals surface area (Å²) in [5, 5.41) is 3.13.